The largest absolute Gasteiger partial charge is 0.619 e. The first kappa shape index (κ1) is 38.3. The number of carboxylic acids is 1. The highest BCUT2D eigenvalue weighted by Crippen LogP contribution is 2.12. The number of hydrogen-bond donors (Lipinski definition) is 6. The van der Waals surface area contributed by atoms with Gasteiger partial charge in [0.25, 0.3) is 5.91 Å². The van der Waals surface area contributed by atoms with Gasteiger partial charge < -0.3 is 36.9 Å². The van der Waals surface area contributed by atoms with Gasteiger partial charge in [0.15, 0.2) is 12.4 Å². The number of aliphatic carboxylic acids is 1. The smallest absolute Gasteiger partial charge is 0.303 e. The van der Waals surface area contributed by atoms with Crippen LogP contribution in [-0.4, -0.2) is 72.0 Å². The van der Waals surface area contributed by atoms with Crippen LogP contribution in [0, 0.1) is 17.0 Å². The monoisotopic (exact) mass is 620 g/mol. The van der Waals surface area contributed by atoms with E-state index in [1.54, 1.807) is 6.92 Å². The summed E-state index contributed by atoms with van der Waals surface area (Å²) in [6.07, 6.45) is 5.20. The molecule has 0 aliphatic rings. The first-order valence-corrected chi connectivity index (χ1v) is 15.7. The molecule has 1 rings (SSSR count). The molecule has 0 bridgehead atoms. The number of nitrogens with zero attached hydrogens (tertiary/aromatic N) is 1. The number of carboxylic acid groups (broad SMARTS) is 1. The van der Waals surface area contributed by atoms with Crippen LogP contribution in [0.15, 0.2) is 24.5 Å². The van der Waals surface area contributed by atoms with Gasteiger partial charge in [-0.1, -0.05) is 47.5 Å². The molecule has 248 valence electrons. The summed E-state index contributed by atoms with van der Waals surface area (Å²) in [6.45, 7) is 12.2. The van der Waals surface area contributed by atoms with E-state index in [4.69, 9.17) is 5.11 Å². The molecule has 5 atom stereocenters. The molecule has 0 unspecified atom stereocenters. The Hall–Kier alpha value is -3.74. The van der Waals surface area contributed by atoms with E-state index in [1.165, 1.54) is 24.5 Å². The van der Waals surface area contributed by atoms with E-state index in [9.17, 15) is 29.2 Å². The highest BCUT2D eigenvalue weighted by Gasteiger charge is 2.31. The summed E-state index contributed by atoms with van der Waals surface area (Å²) < 4.78 is 0.561. The van der Waals surface area contributed by atoms with Crippen molar-refractivity contribution in [2.75, 3.05) is 13.1 Å². The number of carbonyl (C=O) groups is 5. The third kappa shape index (κ3) is 14.2. The maximum atomic E-state index is 13.5. The number of rotatable bonds is 21. The number of pyridine rings is 1. The van der Waals surface area contributed by atoms with E-state index < -0.39 is 35.9 Å². The van der Waals surface area contributed by atoms with Crippen molar-refractivity contribution < 1.29 is 33.8 Å². The molecule has 0 aliphatic carbocycles. The molecule has 44 heavy (non-hydrogen) atoms. The number of likely N-dealkylation sites (N-methyl/N-ethyl adjacent to an activating group) is 1. The van der Waals surface area contributed by atoms with Gasteiger partial charge in [0.2, 0.25) is 17.7 Å². The summed E-state index contributed by atoms with van der Waals surface area (Å²) in [7, 11) is 0. The SMILES string of the molecule is CCC[C@H](NC(=O)[C@@H](NC(=O)c1cc[n+]([O-])cc1)[C@H](C)CC)C(=O)N[C@H](CN[C@@H](CCCC(=O)O)C(=O)NCC)CC(C)C. The minimum Gasteiger partial charge on any atom is -0.619 e. The van der Waals surface area contributed by atoms with E-state index in [0.29, 0.717) is 49.8 Å². The highest BCUT2D eigenvalue weighted by atomic mass is 16.5. The number of carbonyl (C=O) groups excluding carboxylic acids is 4. The van der Waals surface area contributed by atoms with Crippen molar-refractivity contribution in [3.63, 3.8) is 0 Å². The quantitative estimate of drug-likeness (QED) is 0.0882. The summed E-state index contributed by atoms with van der Waals surface area (Å²) in [5, 5.41) is 34.9. The number of hydrogen-bond acceptors (Lipinski definition) is 7. The van der Waals surface area contributed by atoms with Crippen LogP contribution in [-0.2, 0) is 19.2 Å². The van der Waals surface area contributed by atoms with Gasteiger partial charge >= 0.3 is 5.97 Å². The Kier molecular flexibility index (Phi) is 17.6. The molecular weight excluding hydrogens is 568 g/mol. The second kappa shape index (κ2) is 20.3. The van der Waals surface area contributed by atoms with Crippen molar-refractivity contribution in [1.29, 1.82) is 0 Å². The predicted molar refractivity (Wildman–Crippen MR) is 166 cm³/mol. The Morgan fingerprint density at radius 2 is 1.55 bits per heavy atom. The number of amides is 4. The van der Waals surface area contributed by atoms with Crippen molar-refractivity contribution in [3.8, 4) is 0 Å². The van der Waals surface area contributed by atoms with Gasteiger partial charge in [0.1, 0.15) is 12.1 Å². The molecule has 0 saturated heterocycles. The molecule has 0 fully saturated rings. The van der Waals surface area contributed by atoms with Crippen molar-refractivity contribution in [2.24, 2.45) is 11.8 Å². The van der Waals surface area contributed by atoms with Crippen molar-refractivity contribution in [2.45, 2.75) is 111 Å². The Balaban J connectivity index is 3.02. The van der Waals surface area contributed by atoms with Crippen LogP contribution in [0.1, 0.15) is 96.8 Å². The van der Waals surface area contributed by atoms with Crippen LogP contribution in [0.4, 0.5) is 0 Å². The van der Waals surface area contributed by atoms with Crippen molar-refractivity contribution >= 4 is 29.6 Å². The molecule has 0 radical (unpaired) electrons. The lowest BCUT2D eigenvalue weighted by Crippen LogP contribution is -2.57. The molecule has 0 spiro atoms. The number of nitrogens with one attached hydrogen (secondary N) is 5. The molecule has 0 aliphatic heterocycles. The van der Waals surface area contributed by atoms with Crippen LogP contribution in [0.3, 0.4) is 0 Å². The molecule has 1 heterocycles. The zero-order chi connectivity index (χ0) is 33.2. The number of aromatic nitrogens is 1. The zero-order valence-corrected chi connectivity index (χ0v) is 27.0. The maximum absolute atomic E-state index is 13.5. The minimum absolute atomic E-state index is 0.0499. The van der Waals surface area contributed by atoms with Gasteiger partial charge in [0, 0.05) is 37.7 Å². The van der Waals surface area contributed by atoms with Gasteiger partial charge in [-0.25, -0.2) is 0 Å². The molecule has 1 aromatic heterocycles. The summed E-state index contributed by atoms with van der Waals surface area (Å²) in [4.78, 5) is 63.4. The lowest BCUT2D eigenvalue weighted by Gasteiger charge is -2.29. The van der Waals surface area contributed by atoms with E-state index in [1.807, 2.05) is 34.6 Å². The molecule has 6 N–H and O–H groups in total. The zero-order valence-electron chi connectivity index (χ0n) is 27.0. The van der Waals surface area contributed by atoms with Gasteiger partial charge in [-0.15, -0.1) is 0 Å². The third-order valence-electron chi connectivity index (χ3n) is 7.32. The van der Waals surface area contributed by atoms with Crippen LogP contribution in [0.5, 0.6) is 0 Å². The normalized spacial score (nSPS) is 14.5. The van der Waals surface area contributed by atoms with Crippen molar-refractivity contribution in [3.05, 3.63) is 35.3 Å². The summed E-state index contributed by atoms with van der Waals surface area (Å²) in [5.41, 5.74) is 0.235. The average Bonchev–Trinajstić information content (AvgIpc) is 2.96. The van der Waals surface area contributed by atoms with Gasteiger partial charge in [-0.05, 0) is 44.4 Å². The molecule has 13 heteroatoms. The van der Waals surface area contributed by atoms with Crippen LogP contribution >= 0.6 is 0 Å². The lowest BCUT2D eigenvalue weighted by molar-refractivity contribution is -0.605. The summed E-state index contributed by atoms with van der Waals surface area (Å²) in [5.74, 6) is -2.53. The molecule has 13 nitrogen and oxygen atoms in total. The first-order valence-electron chi connectivity index (χ1n) is 15.7. The molecule has 4 amide bonds. The maximum Gasteiger partial charge on any atom is 0.303 e. The standard InChI is InChI=1S/C31H52N6O7/c1-7-11-25(35-31(43)27(21(6)8-2)36-28(40)22-14-16-37(44)17-15-22)30(42)34-23(18-20(4)5)19-33-24(29(41)32-9-3)12-10-13-26(38)39/h14-17,20-21,23-25,27,33H,7-13,18-19H2,1-6H3,(H,32,41)(H,34,42)(H,35,43)(H,36,40)(H,38,39)/t21-,23+,24+,25+,27+/m1/s1. The fraction of sp³-hybridized carbons (Fsp3) is 0.677. The highest BCUT2D eigenvalue weighted by molar-refractivity contribution is 5.98. The van der Waals surface area contributed by atoms with Crippen molar-refractivity contribution in [1.82, 2.24) is 26.6 Å². The molecule has 0 aromatic carbocycles. The van der Waals surface area contributed by atoms with E-state index >= 15 is 0 Å². The van der Waals surface area contributed by atoms with Crippen LogP contribution in [0.25, 0.3) is 0 Å². The predicted octanol–water partition coefficient (Wildman–Crippen LogP) is 1.63. The van der Waals surface area contributed by atoms with E-state index in [0.717, 1.165) is 0 Å². The average molecular weight is 621 g/mol. The van der Waals surface area contributed by atoms with Gasteiger partial charge in [0.05, 0.1) is 11.6 Å². The van der Waals surface area contributed by atoms with E-state index in [2.05, 4.69) is 26.6 Å². The fourth-order valence-corrected chi connectivity index (χ4v) is 4.74. The summed E-state index contributed by atoms with van der Waals surface area (Å²) >= 11 is 0. The Bertz CT molecular complexity index is 1070. The van der Waals surface area contributed by atoms with Crippen LogP contribution < -0.4 is 31.3 Å². The molecule has 1 aromatic rings. The Labute approximate surface area is 260 Å². The Morgan fingerprint density at radius 3 is 2.09 bits per heavy atom. The fourth-order valence-electron chi connectivity index (χ4n) is 4.74. The topological polar surface area (TPSA) is 193 Å². The Morgan fingerprint density at radius 1 is 0.886 bits per heavy atom. The molecule has 0 saturated carbocycles. The van der Waals surface area contributed by atoms with Gasteiger partial charge in [-0.2, -0.15) is 4.73 Å². The summed E-state index contributed by atoms with van der Waals surface area (Å²) in [6, 6.07) is 0.00407. The minimum atomic E-state index is -0.930. The van der Waals surface area contributed by atoms with Gasteiger partial charge in [-0.3, -0.25) is 24.0 Å². The lowest BCUT2D eigenvalue weighted by atomic mass is 9.97. The second-order valence-electron chi connectivity index (χ2n) is 11.6. The third-order valence-corrected chi connectivity index (χ3v) is 7.32. The second-order valence-corrected chi connectivity index (χ2v) is 11.6. The first-order chi connectivity index (χ1) is 20.8. The van der Waals surface area contributed by atoms with E-state index in [-0.39, 0.29) is 48.2 Å². The van der Waals surface area contributed by atoms with Crippen LogP contribution in [0.2, 0.25) is 0 Å². The molecular formula is C31H52N6O7.